The molecule has 1 aromatic carbocycles. The number of hydrogen-bond donors (Lipinski definition) is 2. The lowest BCUT2D eigenvalue weighted by Crippen LogP contribution is -2.38. The number of nitrogens with one attached hydrogen (secondary N) is 1. The minimum atomic E-state index is -4.31. The predicted octanol–water partition coefficient (Wildman–Crippen LogP) is 2.38. The average Bonchev–Trinajstić information content (AvgIpc) is 2.35. The van der Waals surface area contributed by atoms with Gasteiger partial charge in [-0.1, -0.05) is 18.2 Å². The summed E-state index contributed by atoms with van der Waals surface area (Å²) in [5.41, 5.74) is 0.296. The van der Waals surface area contributed by atoms with Gasteiger partial charge in [0.05, 0.1) is 0 Å². The van der Waals surface area contributed by atoms with E-state index in [0.717, 1.165) is 0 Å². The Kier molecular flexibility index (Phi) is 5.12. The Labute approximate surface area is 113 Å². The number of amides is 1. The van der Waals surface area contributed by atoms with E-state index in [-0.39, 0.29) is 17.5 Å². The SMILES string of the molecule is C[C@@H](NC(=O)c1ccccc1CCC(F)(F)F)C(=O)O. The number of carboxylic acids is 1. The van der Waals surface area contributed by atoms with Gasteiger partial charge in [-0.2, -0.15) is 13.2 Å². The molecule has 0 bridgehead atoms. The average molecular weight is 289 g/mol. The zero-order valence-corrected chi connectivity index (χ0v) is 10.7. The number of halogens is 3. The molecule has 1 rings (SSSR count). The summed E-state index contributed by atoms with van der Waals surface area (Å²) in [6, 6.07) is 4.72. The highest BCUT2D eigenvalue weighted by Gasteiger charge is 2.27. The fraction of sp³-hybridized carbons (Fsp3) is 0.385. The number of aliphatic carboxylic acids is 1. The van der Waals surface area contributed by atoms with Crippen molar-refractivity contribution in [3.63, 3.8) is 0 Å². The van der Waals surface area contributed by atoms with E-state index >= 15 is 0 Å². The van der Waals surface area contributed by atoms with Crippen LogP contribution in [0.1, 0.15) is 29.3 Å². The Bertz CT molecular complexity index is 500. The molecule has 2 N–H and O–H groups in total. The van der Waals surface area contributed by atoms with Gasteiger partial charge >= 0.3 is 12.1 Å². The van der Waals surface area contributed by atoms with Crippen LogP contribution >= 0.6 is 0 Å². The molecule has 1 atom stereocenters. The number of alkyl halides is 3. The second-order valence-corrected chi connectivity index (χ2v) is 4.31. The molecular formula is C13H14F3NO3. The minimum Gasteiger partial charge on any atom is -0.480 e. The largest absolute Gasteiger partial charge is 0.480 e. The summed E-state index contributed by atoms with van der Waals surface area (Å²) < 4.78 is 36.6. The monoisotopic (exact) mass is 289 g/mol. The van der Waals surface area contributed by atoms with Crippen LogP contribution in [-0.2, 0) is 11.2 Å². The normalized spacial score (nSPS) is 12.8. The molecular weight excluding hydrogens is 275 g/mol. The summed E-state index contributed by atoms with van der Waals surface area (Å²) in [5.74, 6) is -1.91. The number of carbonyl (C=O) groups is 2. The van der Waals surface area contributed by atoms with Gasteiger partial charge in [0.1, 0.15) is 6.04 Å². The van der Waals surface area contributed by atoms with Gasteiger partial charge in [-0.15, -0.1) is 0 Å². The van der Waals surface area contributed by atoms with Crippen molar-refractivity contribution in [1.29, 1.82) is 0 Å². The third-order valence-corrected chi connectivity index (χ3v) is 2.66. The Morgan fingerprint density at radius 2 is 1.90 bits per heavy atom. The maximum atomic E-state index is 12.2. The van der Waals surface area contributed by atoms with Gasteiger partial charge < -0.3 is 10.4 Å². The molecule has 0 aromatic heterocycles. The van der Waals surface area contributed by atoms with Gasteiger partial charge in [-0.25, -0.2) is 0 Å². The summed E-state index contributed by atoms with van der Waals surface area (Å²) in [4.78, 5) is 22.5. The maximum Gasteiger partial charge on any atom is 0.389 e. The van der Waals surface area contributed by atoms with Crippen molar-refractivity contribution in [2.45, 2.75) is 32.0 Å². The number of carbonyl (C=O) groups excluding carboxylic acids is 1. The van der Waals surface area contributed by atoms with Crippen molar-refractivity contribution in [2.24, 2.45) is 0 Å². The fourth-order valence-corrected chi connectivity index (χ4v) is 1.57. The third kappa shape index (κ3) is 4.91. The Balaban J connectivity index is 2.84. The summed E-state index contributed by atoms with van der Waals surface area (Å²) in [5, 5.41) is 10.9. The van der Waals surface area contributed by atoms with Crippen LogP contribution in [0.3, 0.4) is 0 Å². The number of aryl methyl sites for hydroxylation is 1. The zero-order chi connectivity index (χ0) is 15.3. The summed E-state index contributed by atoms with van der Waals surface area (Å²) in [6.07, 6.45) is -5.67. The van der Waals surface area contributed by atoms with E-state index in [9.17, 15) is 22.8 Å². The zero-order valence-electron chi connectivity index (χ0n) is 10.7. The fourth-order valence-electron chi connectivity index (χ4n) is 1.57. The molecule has 0 unspecified atom stereocenters. The van der Waals surface area contributed by atoms with Crippen LogP contribution in [-0.4, -0.2) is 29.2 Å². The Hall–Kier alpha value is -2.05. The molecule has 4 nitrogen and oxygen atoms in total. The summed E-state index contributed by atoms with van der Waals surface area (Å²) >= 11 is 0. The molecule has 0 aliphatic heterocycles. The number of carboxylic acid groups (broad SMARTS) is 1. The van der Waals surface area contributed by atoms with Crippen molar-refractivity contribution < 1.29 is 27.9 Å². The van der Waals surface area contributed by atoms with Crippen LogP contribution in [0.4, 0.5) is 13.2 Å². The minimum absolute atomic E-state index is 0.0600. The molecule has 0 radical (unpaired) electrons. The number of rotatable bonds is 5. The first-order valence-corrected chi connectivity index (χ1v) is 5.89. The van der Waals surface area contributed by atoms with E-state index in [2.05, 4.69) is 5.32 Å². The highest BCUT2D eigenvalue weighted by atomic mass is 19.4. The first-order chi connectivity index (χ1) is 9.20. The van der Waals surface area contributed by atoms with Gasteiger partial charge in [-0.3, -0.25) is 9.59 Å². The lowest BCUT2D eigenvalue weighted by molar-refractivity contribution is -0.138. The second-order valence-electron chi connectivity index (χ2n) is 4.31. The van der Waals surface area contributed by atoms with Gasteiger partial charge in [0, 0.05) is 12.0 Å². The molecule has 0 aliphatic carbocycles. The lowest BCUT2D eigenvalue weighted by atomic mass is 10.0. The molecule has 7 heteroatoms. The van der Waals surface area contributed by atoms with E-state index in [0.29, 0.717) is 0 Å². The quantitative estimate of drug-likeness (QED) is 0.874. The highest BCUT2D eigenvalue weighted by molar-refractivity contribution is 5.97. The second kappa shape index (κ2) is 6.40. The number of hydrogen-bond acceptors (Lipinski definition) is 2. The van der Waals surface area contributed by atoms with Gasteiger partial charge in [0.2, 0.25) is 0 Å². The topological polar surface area (TPSA) is 66.4 Å². The molecule has 0 saturated heterocycles. The smallest absolute Gasteiger partial charge is 0.389 e. The van der Waals surface area contributed by atoms with Crippen molar-refractivity contribution in [2.75, 3.05) is 0 Å². The summed E-state index contributed by atoms with van der Waals surface area (Å²) in [6.45, 7) is 1.28. The molecule has 20 heavy (non-hydrogen) atoms. The molecule has 0 spiro atoms. The van der Waals surface area contributed by atoms with Crippen LogP contribution in [0.5, 0.6) is 0 Å². The maximum absolute atomic E-state index is 12.2. The van der Waals surface area contributed by atoms with Crippen LogP contribution in [0.25, 0.3) is 0 Å². The molecule has 1 aromatic rings. The molecule has 0 saturated carbocycles. The number of benzene rings is 1. The van der Waals surface area contributed by atoms with Gasteiger partial charge in [0.25, 0.3) is 5.91 Å². The van der Waals surface area contributed by atoms with E-state index < -0.39 is 30.5 Å². The van der Waals surface area contributed by atoms with Crippen LogP contribution in [0, 0.1) is 0 Å². The van der Waals surface area contributed by atoms with Crippen molar-refractivity contribution in [1.82, 2.24) is 5.32 Å². The van der Waals surface area contributed by atoms with Gasteiger partial charge in [-0.05, 0) is 25.0 Å². The van der Waals surface area contributed by atoms with Crippen molar-refractivity contribution in [3.8, 4) is 0 Å². The van der Waals surface area contributed by atoms with Crippen LogP contribution in [0.15, 0.2) is 24.3 Å². The van der Waals surface area contributed by atoms with Crippen molar-refractivity contribution in [3.05, 3.63) is 35.4 Å². The Morgan fingerprint density at radius 1 is 1.30 bits per heavy atom. The lowest BCUT2D eigenvalue weighted by Gasteiger charge is -2.13. The molecule has 0 aliphatic rings. The first kappa shape index (κ1) is 16.0. The van der Waals surface area contributed by atoms with E-state index in [1.54, 1.807) is 0 Å². The summed E-state index contributed by atoms with van der Waals surface area (Å²) in [7, 11) is 0. The standard InChI is InChI=1S/C13H14F3NO3/c1-8(12(19)20)17-11(18)10-5-3-2-4-9(10)6-7-13(14,15)16/h2-5,8H,6-7H2,1H3,(H,17,18)(H,19,20)/t8-/m1/s1. The molecule has 0 fully saturated rings. The molecule has 0 heterocycles. The third-order valence-electron chi connectivity index (χ3n) is 2.66. The van der Waals surface area contributed by atoms with Crippen LogP contribution in [0.2, 0.25) is 0 Å². The van der Waals surface area contributed by atoms with E-state index in [1.807, 2.05) is 0 Å². The van der Waals surface area contributed by atoms with Crippen LogP contribution < -0.4 is 5.32 Å². The van der Waals surface area contributed by atoms with E-state index in [4.69, 9.17) is 5.11 Å². The highest BCUT2D eigenvalue weighted by Crippen LogP contribution is 2.23. The van der Waals surface area contributed by atoms with E-state index in [1.165, 1.54) is 31.2 Å². The Morgan fingerprint density at radius 3 is 2.45 bits per heavy atom. The van der Waals surface area contributed by atoms with Gasteiger partial charge in [0.15, 0.2) is 0 Å². The van der Waals surface area contributed by atoms with Crippen molar-refractivity contribution >= 4 is 11.9 Å². The predicted molar refractivity (Wildman–Crippen MR) is 65.4 cm³/mol. The molecule has 1 amide bonds. The first-order valence-electron chi connectivity index (χ1n) is 5.89. The molecule has 110 valence electrons.